The molecule has 0 aliphatic carbocycles. The molecular weight excluding hydrogens is 419 g/mol. The van der Waals surface area contributed by atoms with Gasteiger partial charge in [0.25, 0.3) is 0 Å². The molecule has 1 aliphatic rings. The van der Waals surface area contributed by atoms with Crippen LogP contribution in [0.5, 0.6) is 0 Å². The molecule has 2 aromatic rings. The van der Waals surface area contributed by atoms with Gasteiger partial charge < -0.3 is 4.90 Å². The van der Waals surface area contributed by atoms with E-state index in [0.717, 1.165) is 12.1 Å². The Morgan fingerprint density at radius 3 is 2.38 bits per heavy atom. The van der Waals surface area contributed by atoms with Gasteiger partial charge in [0.05, 0.1) is 10.1 Å². The van der Waals surface area contributed by atoms with Crippen LogP contribution in [0.25, 0.3) is 0 Å². The third-order valence-electron chi connectivity index (χ3n) is 4.77. The van der Waals surface area contributed by atoms with E-state index >= 15 is 0 Å². The smallest absolute Gasteiger partial charge is 0.243 e. The normalized spacial score (nSPS) is 17.4. The minimum Gasteiger partial charge on any atom is -0.341 e. The van der Waals surface area contributed by atoms with Gasteiger partial charge in [-0.3, -0.25) is 4.79 Å². The Kier molecular flexibility index (Phi) is 6.35. The molecule has 1 saturated heterocycles. The predicted molar refractivity (Wildman–Crippen MR) is 105 cm³/mol. The van der Waals surface area contributed by atoms with Crippen molar-refractivity contribution < 1.29 is 26.0 Å². The lowest BCUT2D eigenvalue weighted by Gasteiger charge is -2.17. The second-order valence-corrected chi connectivity index (χ2v) is 10.7. The van der Waals surface area contributed by atoms with Crippen LogP contribution in [0.2, 0.25) is 0 Å². The molecule has 10 heteroatoms. The summed E-state index contributed by atoms with van der Waals surface area (Å²) in [5.41, 5.74) is 0. The van der Waals surface area contributed by atoms with Crippen molar-refractivity contribution in [3.05, 3.63) is 60.4 Å². The first-order valence-corrected chi connectivity index (χ1v) is 12.1. The molecule has 0 aromatic heterocycles. The molecule has 0 radical (unpaired) electrons. The summed E-state index contributed by atoms with van der Waals surface area (Å²) in [6.45, 7) is 0.147. The highest BCUT2D eigenvalue weighted by molar-refractivity contribution is 7.92. The summed E-state index contributed by atoms with van der Waals surface area (Å²) in [6, 6.07) is 13.0. The van der Waals surface area contributed by atoms with Crippen molar-refractivity contribution in [2.45, 2.75) is 27.9 Å². The van der Waals surface area contributed by atoms with E-state index < -0.39 is 35.8 Å². The van der Waals surface area contributed by atoms with Gasteiger partial charge in [0.2, 0.25) is 15.9 Å². The highest BCUT2D eigenvalue weighted by atomic mass is 32.2. The minimum atomic E-state index is -4.07. The van der Waals surface area contributed by atoms with Gasteiger partial charge in [0.15, 0.2) is 9.84 Å². The van der Waals surface area contributed by atoms with E-state index in [-0.39, 0.29) is 36.9 Å². The largest absolute Gasteiger partial charge is 0.341 e. The molecule has 3 rings (SSSR count). The van der Waals surface area contributed by atoms with Gasteiger partial charge in [-0.25, -0.2) is 25.9 Å². The monoisotopic (exact) mass is 440 g/mol. The topological polar surface area (TPSA) is 101 Å². The van der Waals surface area contributed by atoms with Crippen molar-refractivity contribution in [3.63, 3.8) is 0 Å². The van der Waals surface area contributed by atoms with Crippen LogP contribution in [0.15, 0.2) is 64.4 Å². The number of halogens is 1. The average molecular weight is 441 g/mol. The summed E-state index contributed by atoms with van der Waals surface area (Å²) in [6.07, 6.45) is 0.176. The first-order valence-electron chi connectivity index (χ1n) is 9.03. The number of likely N-dealkylation sites (tertiary alicyclic amines) is 1. The van der Waals surface area contributed by atoms with Gasteiger partial charge in [0.1, 0.15) is 10.7 Å². The van der Waals surface area contributed by atoms with E-state index in [2.05, 4.69) is 4.72 Å². The highest BCUT2D eigenvalue weighted by Crippen LogP contribution is 2.24. The summed E-state index contributed by atoms with van der Waals surface area (Å²) in [4.78, 5) is 13.5. The van der Waals surface area contributed by atoms with Gasteiger partial charge in [-0.05, 0) is 30.7 Å². The van der Waals surface area contributed by atoms with Gasteiger partial charge >= 0.3 is 0 Å². The first-order chi connectivity index (χ1) is 13.7. The van der Waals surface area contributed by atoms with Crippen molar-refractivity contribution in [3.8, 4) is 0 Å². The van der Waals surface area contributed by atoms with Crippen LogP contribution in [0.3, 0.4) is 0 Å². The molecule has 0 spiro atoms. The molecule has 0 bridgehead atoms. The molecule has 0 saturated carbocycles. The standard InChI is InChI=1S/C19H21FN2O5S2/c20-17-8-4-5-9-18(17)29(26,27)21-12-10-19(23)22-13-11-16(14-22)28(24,25)15-6-2-1-3-7-15/h1-9,16,21H,10-14H2. The van der Waals surface area contributed by atoms with Crippen molar-refractivity contribution in [2.75, 3.05) is 19.6 Å². The number of carbonyl (C=O) groups is 1. The third-order valence-corrected chi connectivity index (χ3v) is 8.45. The zero-order valence-corrected chi connectivity index (χ0v) is 17.1. The maximum absolute atomic E-state index is 13.7. The van der Waals surface area contributed by atoms with Crippen LogP contribution in [0.1, 0.15) is 12.8 Å². The van der Waals surface area contributed by atoms with Crippen LogP contribution in [0, 0.1) is 5.82 Å². The molecule has 1 fully saturated rings. The molecule has 7 nitrogen and oxygen atoms in total. The quantitative estimate of drug-likeness (QED) is 0.704. The number of hydrogen-bond donors (Lipinski definition) is 1. The molecular formula is C19H21FN2O5S2. The highest BCUT2D eigenvalue weighted by Gasteiger charge is 2.35. The second kappa shape index (κ2) is 8.60. The van der Waals surface area contributed by atoms with Crippen LogP contribution in [0.4, 0.5) is 4.39 Å². The lowest BCUT2D eigenvalue weighted by atomic mass is 10.3. The van der Waals surface area contributed by atoms with E-state index in [0.29, 0.717) is 6.42 Å². The second-order valence-electron chi connectivity index (χ2n) is 6.69. The molecule has 29 heavy (non-hydrogen) atoms. The Bertz CT molecular complexity index is 1090. The molecule has 2 aromatic carbocycles. The maximum atomic E-state index is 13.7. The zero-order valence-electron chi connectivity index (χ0n) is 15.5. The van der Waals surface area contributed by atoms with Crippen molar-refractivity contribution in [2.24, 2.45) is 0 Å². The Morgan fingerprint density at radius 2 is 1.69 bits per heavy atom. The number of carbonyl (C=O) groups excluding carboxylic acids is 1. The van der Waals surface area contributed by atoms with Gasteiger partial charge in [0, 0.05) is 26.1 Å². The number of sulfone groups is 1. The molecule has 1 N–H and O–H groups in total. The van der Waals surface area contributed by atoms with E-state index in [9.17, 15) is 26.0 Å². The Labute approximate surface area is 169 Å². The number of benzene rings is 2. The van der Waals surface area contributed by atoms with Crippen LogP contribution >= 0.6 is 0 Å². The lowest BCUT2D eigenvalue weighted by Crippen LogP contribution is -2.35. The van der Waals surface area contributed by atoms with Crippen molar-refractivity contribution >= 4 is 25.8 Å². The molecule has 156 valence electrons. The molecule has 1 unspecified atom stereocenters. The first kappa shape index (κ1) is 21.4. The summed E-state index contributed by atoms with van der Waals surface area (Å²) in [5.74, 6) is -1.23. The maximum Gasteiger partial charge on any atom is 0.243 e. The fraction of sp³-hybridized carbons (Fsp3) is 0.316. The molecule has 1 amide bonds. The minimum absolute atomic E-state index is 0.0656. The molecule has 1 atom stereocenters. The number of nitrogens with one attached hydrogen (secondary N) is 1. The SMILES string of the molecule is O=C(CCNS(=O)(=O)c1ccccc1F)N1CCC(S(=O)(=O)c2ccccc2)C1. The summed E-state index contributed by atoms with van der Waals surface area (Å²) >= 11 is 0. The van der Waals surface area contributed by atoms with Gasteiger partial charge in [-0.2, -0.15) is 0 Å². The van der Waals surface area contributed by atoms with Crippen LogP contribution in [-0.4, -0.2) is 52.5 Å². The fourth-order valence-electron chi connectivity index (χ4n) is 3.20. The third kappa shape index (κ3) is 4.82. The van der Waals surface area contributed by atoms with Crippen molar-refractivity contribution in [1.82, 2.24) is 9.62 Å². The fourth-order valence-corrected chi connectivity index (χ4v) is 6.02. The summed E-state index contributed by atoms with van der Waals surface area (Å²) in [7, 11) is -7.61. The predicted octanol–water partition coefficient (Wildman–Crippen LogP) is 1.57. The number of sulfonamides is 1. The van der Waals surface area contributed by atoms with Gasteiger partial charge in [-0.15, -0.1) is 0 Å². The Morgan fingerprint density at radius 1 is 1.03 bits per heavy atom. The Balaban J connectivity index is 1.56. The molecule has 1 aliphatic heterocycles. The lowest BCUT2D eigenvalue weighted by molar-refractivity contribution is -0.129. The number of nitrogens with zero attached hydrogens (tertiary/aromatic N) is 1. The summed E-state index contributed by atoms with van der Waals surface area (Å²) < 4.78 is 65.5. The van der Waals surface area contributed by atoms with E-state index in [1.807, 2.05) is 0 Å². The van der Waals surface area contributed by atoms with Crippen molar-refractivity contribution in [1.29, 1.82) is 0 Å². The van der Waals surface area contributed by atoms with E-state index in [1.165, 1.54) is 29.2 Å². The average Bonchev–Trinajstić information content (AvgIpc) is 3.20. The number of rotatable bonds is 7. The van der Waals surface area contributed by atoms with Gasteiger partial charge in [-0.1, -0.05) is 30.3 Å². The zero-order chi connectivity index (χ0) is 21.1. The molecule has 1 heterocycles. The van der Waals surface area contributed by atoms with Crippen LogP contribution < -0.4 is 4.72 Å². The van der Waals surface area contributed by atoms with Crippen LogP contribution in [-0.2, 0) is 24.7 Å². The van der Waals surface area contributed by atoms with E-state index in [1.54, 1.807) is 18.2 Å². The summed E-state index contributed by atoms with van der Waals surface area (Å²) in [5, 5.41) is -0.691. The van der Waals surface area contributed by atoms with E-state index in [4.69, 9.17) is 0 Å². The number of amides is 1. The number of hydrogen-bond acceptors (Lipinski definition) is 5. The Hall–Kier alpha value is -2.30.